The van der Waals surface area contributed by atoms with Gasteiger partial charge >= 0.3 is 6.18 Å². The van der Waals surface area contributed by atoms with E-state index < -0.39 is 17.6 Å². The van der Waals surface area contributed by atoms with Gasteiger partial charge in [0.05, 0.1) is 12.1 Å². The van der Waals surface area contributed by atoms with Gasteiger partial charge in [-0.05, 0) is 23.8 Å². The van der Waals surface area contributed by atoms with Gasteiger partial charge in [0, 0.05) is 38.3 Å². The Morgan fingerprint density at radius 2 is 1.62 bits per heavy atom. The molecule has 8 heteroatoms. The first-order valence-corrected chi connectivity index (χ1v) is 9.32. The quantitative estimate of drug-likeness (QED) is 0.833. The van der Waals surface area contributed by atoms with Gasteiger partial charge in [0.25, 0.3) is 5.91 Å². The van der Waals surface area contributed by atoms with Crippen LogP contribution in [0.5, 0.6) is 0 Å². The second-order valence-corrected chi connectivity index (χ2v) is 6.90. The summed E-state index contributed by atoms with van der Waals surface area (Å²) in [5.41, 5.74) is 0.187. The molecule has 3 rings (SSSR count). The van der Waals surface area contributed by atoms with E-state index in [-0.39, 0.29) is 18.0 Å². The zero-order chi connectivity index (χ0) is 20.9. The second kappa shape index (κ2) is 9.09. The van der Waals surface area contributed by atoms with Crippen LogP contribution in [0.2, 0.25) is 0 Å². The number of nitrogens with one attached hydrogen (secondary N) is 1. The number of benzene rings is 2. The fourth-order valence-corrected chi connectivity index (χ4v) is 3.20. The molecule has 2 amide bonds. The molecule has 0 unspecified atom stereocenters. The molecular weight excluding hydrogens is 383 g/mol. The maximum atomic E-state index is 12.8. The average molecular weight is 405 g/mol. The first-order chi connectivity index (χ1) is 13.8. The van der Waals surface area contributed by atoms with Gasteiger partial charge in [0.15, 0.2) is 0 Å². The molecule has 0 spiro atoms. The lowest BCUT2D eigenvalue weighted by atomic mass is 10.1. The number of hydrogen-bond acceptors (Lipinski definition) is 3. The average Bonchev–Trinajstić information content (AvgIpc) is 2.72. The van der Waals surface area contributed by atoms with Gasteiger partial charge in [-0.15, -0.1) is 0 Å². The number of piperazine rings is 1. The Balaban J connectivity index is 1.46. The lowest BCUT2D eigenvalue weighted by molar-refractivity contribution is -0.137. The van der Waals surface area contributed by atoms with Crippen molar-refractivity contribution in [1.82, 2.24) is 15.1 Å². The van der Waals surface area contributed by atoms with E-state index in [2.05, 4.69) is 22.3 Å². The second-order valence-electron chi connectivity index (χ2n) is 6.90. The van der Waals surface area contributed by atoms with E-state index >= 15 is 0 Å². The van der Waals surface area contributed by atoms with E-state index in [1.807, 2.05) is 18.2 Å². The van der Waals surface area contributed by atoms with E-state index in [9.17, 15) is 22.8 Å². The number of hydrogen-bond donors (Lipinski definition) is 1. The minimum Gasteiger partial charge on any atom is -0.343 e. The number of carbonyl (C=O) groups excluding carboxylic acids is 2. The smallest absolute Gasteiger partial charge is 0.343 e. The minimum atomic E-state index is -4.52. The lowest BCUT2D eigenvalue weighted by Crippen LogP contribution is -2.50. The van der Waals surface area contributed by atoms with Crippen LogP contribution < -0.4 is 5.32 Å². The Hall–Kier alpha value is -2.87. The zero-order valence-corrected chi connectivity index (χ0v) is 15.8. The molecule has 29 heavy (non-hydrogen) atoms. The highest BCUT2D eigenvalue weighted by molar-refractivity contribution is 5.96. The van der Waals surface area contributed by atoms with E-state index in [1.54, 1.807) is 4.90 Å². The van der Waals surface area contributed by atoms with E-state index in [1.165, 1.54) is 17.7 Å². The van der Waals surface area contributed by atoms with Crippen molar-refractivity contribution in [2.24, 2.45) is 0 Å². The molecule has 1 heterocycles. The van der Waals surface area contributed by atoms with Crippen LogP contribution in [0, 0.1) is 0 Å². The molecule has 1 aliphatic rings. The molecule has 1 saturated heterocycles. The molecule has 0 aromatic heterocycles. The largest absolute Gasteiger partial charge is 0.416 e. The summed E-state index contributed by atoms with van der Waals surface area (Å²) in [7, 11) is 0. The summed E-state index contributed by atoms with van der Waals surface area (Å²) < 4.78 is 38.3. The Morgan fingerprint density at radius 3 is 2.28 bits per heavy atom. The van der Waals surface area contributed by atoms with Gasteiger partial charge < -0.3 is 10.2 Å². The maximum Gasteiger partial charge on any atom is 0.416 e. The van der Waals surface area contributed by atoms with Gasteiger partial charge in [-0.3, -0.25) is 14.5 Å². The van der Waals surface area contributed by atoms with Crippen molar-refractivity contribution in [2.75, 3.05) is 32.7 Å². The summed E-state index contributed by atoms with van der Waals surface area (Å²) in [6.07, 6.45) is -4.52. The number of carbonyl (C=O) groups is 2. The van der Waals surface area contributed by atoms with Gasteiger partial charge in [0.2, 0.25) is 5.91 Å². The van der Waals surface area contributed by atoms with Crippen molar-refractivity contribution in [2.45, 2.75) is 12.7 Å². The zero-order valence-electron chi connectivity index (χ0n) is 15.8. The minimum absolute atomic E-state index is 0.125. The van der Waals surface area contributed by atoms with Crippen LogP contribution in [0.1, 0.15) is 21.5 Å². The summed E-state index contributed by atoms with van der Waals surface area (Å²) in [6.45, 7) is 3.11. The molecule has 2 aromatic carbocycles. The van der Waals surface area contributed by atoms with Crippen molar-refractivity contribution >= 4 is 11.8 Å². The summed E-state index contributed by atoms with van der Waals surface area (Å²) in [5.74, 6) is -0.947. The van der Waals surface area contributed by atoms with E-state index in [0.717, 1.165) is 31.8 Å². The van der Waals surface area contributed by atoms with Crippen molar-refractivity contribution < 1.29 is 22.8 Å². The summed E-state index contributed by atoms with van der Waals surface area (Å²) >= 11 is 0. The topological polar surface area (TPSA) is 52.7 Å². The van der Waals surface area contributed by atoms with Gasteiger partial charge in [-0.25, -0.2) is 0 Å². The first kappa shape index (κ1) is 20.9. The van der Waals surface area contributed by atoms with Crippen LogP contribution in [0.15, 0.2) is 54.6 Å². The summed E-state index contributed by atoms with van der Waals surface area (Å²) in [6, 6.07) is 14.2. The highest BCUT2D eigenvalue weighted by atomic mass is 19.4. The fraction of sp³-hybridized carbons (Fsp3) is 0.333. The van der Waals surface area contributed by atoms with Crippen LogP contribution in [0.3, 0.4) is 0 Å². The Bertz CT molecular complexity index is 848. The molecule has 1 aliphatic heterocycles. The first-order valence-electron chi connectivity index (χ1n) is 9.32. The van der Waals surface area contributed by atoms with Crippen LogP contribution >= 0.6 is 0 Å². The SMILES string of the molecule is O=C(NCC(=O)N1CCN(Cc2ccccc2)CC1)c1cccc(C(F)(F)F)c1. The number of rotatable bonds is 5. The summed E-state index contributed by atoms with van der Waals surface area (Å²) in [5, 5.41) is 2.41. The molecule has 1 N–H and O–H groups in total. The van der Waals surface area contributed by atoms with Crippen molar-refractivity contribution in [3.8, 4) is 0 Å². The standard InChI is InChI=1S/C21H22F3N3O2/c22-21(23,24)18-8-4-7-17(13-18)20(29)25-14-19(28)27-11-9-26(10-12-27)15-16-5-2-1-3-6-16/h1-8,13H,9-12,14-15H2,(H,25,29). The molecule has 1 fully saturated rings. The molecular formula is C21H22F3N3O2. The number of alkyl halides is 3. The lowest BCUT2D eigenvalue weighted by Gasteiger charge is -2.34. The highest BCUT2D eigenvalue weighted by Gasteiger charge is 2.31. The monoisotopic (exact) mass is 405 g/mol. The van der Waals surface area contributed by atoms with Crippen LogP contribution in [0.25, 0.3) is 0 Å². The molecule has 154 valence electrons. The predicted octanol–water partition coefficient (Wildman–Crippen LogP) is 2.78. The molecule has 0 saturated carbocycles. The molecule has 0 atom stereocenters. The Kier molecular flexibility index (Phi) is 6.53. The van der Waals surface area contributed by atoms with Crippen molar-refractivity contribution in [3.05, 3.63) is 71.3 Å². The van der Waals surface area contributed by atoms with Crippen LogP contribution in [-0.4, -0.2) is 54.3 Å². The maximum absolute atomic E-state index is 12.8. The predicted molar refractivity (Wildman–Crippen MR) is 102 cm³/mol. The highest BCUT2D eigenvalue weighted by Crippen LogP contribution is 2.29. The Labute approximate surface area is 167 Å². The molecule has 5 nitrogen and oxygen atoms in total. The van der Waals surface area contributed by atoms with Gasteiger partial charge in [-0.1, -0.05) is 36.4 Å². The molecule has 2 aromatic rings. The van der Waals surface area contributed by atoms with E-state index in [0.29, 0.717) is 13.1 Å². The summed E-state index contributed by atoms with van der Waals surface area (Å²) in [4.78, 5) is 28.4. The molecule has 0 radical (unpaired) electrons. The van der Waals surface area contributed by atoms with Crippen LogP contribution in [0.4, 0.5) is 13.2 Å². The third-order valence-corrected chi connectivity index (χ3v) is 4.83. The number of amides is 2. The molecule has 0 aliphatic carbocycles. The van der Waals surface area contributed by atoms with Gasteiger partial charge in [-0.2, -0.15) is 13.2 Å². The Morgan fingerprint density at radius 1 is 0.931 bits per heavy atom. The van der Waals surface area contributed by atoms with E-state index in [4.69, 9.17) is 0 Å². The van der Waals surface area contributed by atoms with Gasteiger partial charge in [0.1, 0.15) is 0 Å². The van der Waals surface area contributed by atoms with Crippen molar-refractivity contribution in [1.29, 1.82) is 0 Å². The van der Waals surface area contributed by atoms with Crippen molar-refractivity contribution in [3.63, 3.8) is 0 Å². The third-order valence-electron chi connectivity index (χ3n) is 4.83. The molecule has 0 bridgehead atoms. The number of nitrogens with zero attached hydrogens (tertiary/aromatic N) is 2. The normalized spacial score (nSPS) is 15.2. The van der Waals surface area contributed by atoms with Crippen LogP contribution in [-0.2, 0) is 17.5 Å². The number of halogens is 3. The third kappa shape index (κ3) is 5.80. The fourth-order valence-electron chi connectivity index (χ4n) is 3.20.